The number of ether oxygens (including phenoxy) is 1. The number of nitrogens with zero attached hydrogens (tertiary/aromatic N) is 4. The minimum Gasteiger partial charge on any atom is -0.477 e. The van der Waals surface area contributed by atoms with Gasteiger partial charge in [0.25, 0.3) is 5.91 Å². The maximum Gasteiger partial charge on any atom is 0.254 e. The van der Waals surface area contributed by atoms with Gasteiger partial charge in [-0.15, -0.1) is 0 Å². The molecule has 182 valence electrons. The minimum absolute atomic E-state index is 0.0843. The highest BCUT2D eigenvalue weighted by Gasteiger charge is 2.36. The number of rotatable bonds is 8. The highest BCUT2D eigenvalue weighted by molar-refractivity contribution is 7.93. The van der Waals surface area contributed by atoms with Crippen molar-refractivity contribution in [3.05, 3.63) is 66.2 Å². The van der Waals surface area contributed by atoms with Crippen molar-refractivity contribution in [3.63, 3.8) is 0 Å². The molecule has 1 aliphatic heterocycles. The van der Waals surface area contributed by atoms with Gasteiger partial charge in [-0.25, -0.2) is 13.4 Å². The molecule has 1 amide bonds. The first-order chi connectivity index (χ1) is 16.9. The summed E-state index contributed by atoms with van der Waals surface area (Å²) in [6.07, 6.45) is 7.84. The summed E-state index contributed by atoms with van der Waals surface area (Å²) >= 11 is 0. The zero-order valence-corrected chi connectivity index (χ0v) is 20.2. The van der Waals surface area contributed by atoms with Crippen LogP contribution in [-0.4, -0.2) is 52.6 Å². The number of anilines is 1. The number of hydrogen-bond acceptors (Lipinski definition) is 7. The third-order valence-corrected chi connectivity index (χ3v) is 8.06. The lowest BCUT2D eigenvalue weighted by Gasteiger charge is -2.25. The zero-order valence-electron chi connectivity index (χ0n) is 19.4. The van der Waals surface area contributed by atoms with Crippen molar-refractivity contribution >= 4 is 21.6 Å². The van der Waals surface area contributed by atoms with Crippen LogP contribution in [0.5, 0.6) is 5.88 Å². The Labute approximate surface area is 204 Å². The monoisotopic (exact) mass is 493 g/mol. The summed E-state index contributed by atoms with van der Waals surface area (Å²) < 4.78 is 32.7. The topological polar surface area (TPSA) is 114 Å². The number of hydrogen-bond donors (Lipinski definition) is 1. The Morgan fingerprint density at radius 2 is 1.94 bits per heavy atom. The van der Waals surface area contributed by atoms with Crippen LogP contribution >= 0.6 is 0 Å². The van der Waals surface area contributed by atoms with Gasteiger partial charge >= 0.3 is 0 Å². The summed E-state index contributed by atoms with van der Waals surface area (Å²) in [4.78, 5) is 28.3. The van der Waals surface area contributed by atoms with E-state index in [4.69, 9.17) is 4.74 Å². The quantitative estimate of drug-likeness (QED) is 0.507. The SMILES string of the molecule is CCOc1cncc(-c2ccc(C(=O)N3CCCC3c3cc(NS(=O)(=O)C4CC4)ccn3)cc2)n1. The molecule has 3 heterocycles. The molecule has 1 unspecified atom stereocenters. The number of amides is 1. The number of carbonyl (C=O) groups excluding carboxylic acids is 1. The fraction of sp³-hybridized carbons (Fsp3) is 0.360. The Balaban J connectivity index is 1.32. The third kappa shape index (κ3) is 5.12. The van der Waals surface area contributed by atoms with Crippen LogP contribution in [0.25, 0.3) is 11.3 Å². The maximum atomic E-state index is 13.4. The van der Waals surface area contributed by atoms with Crippen LogP contribution in [0.1, 0.15) is 54.7 Å². The molecule has 3 aromatic rings. The van der Waals surface area contributed by atoms with E-state index in [2.05, 4.69) is 19.7 Å². The van der Waals surface area contributed by atoms with E-state index >= 15 is 0 Å². The molecule has 10 heteroatoms. The smallest absolute Gasteiger partial charge is 0.254 e. The molecular weight excluding hydrogens is 466 g/mol. The first-order valence-electron chi connectivity index (χ1n) is 11.8. The summed E-state index contributed by atoms with van der Waals surface area (Å²) in [6, 6.07) is 10.5. The number of nitrogens with one attached hydrogen (secondary N) is 1. The van der Waals surface area contributed by atoms with E-state index in [9.17, 15) is 13.2 Å². The number of likely N-dealkylation sites (tertiary alicyclic amines) is 1. The average Bonchev–Trinajstić information content (AvgIpc) is 3.62. The highest BCUT2D eigenvalue weighted by atomic mass is 32.2. The van der Waals surface area contributed by atoms with Gasteiger partial charge in [0.2, 0.25) is 15.9 Å². The van der Waals surface area contributed by atoms with E-state index in [0.717, 1.165) is 18.4 Å². The first kappa shape index (κ1) is 23.2. The third-order valence-electron chi connectivity index (χ3n) is 6.19. The van der Waals surface area contributed by atoms with E-state index in [1.807, 2.05) is 24.0 Å². The van der Waals surface area contributed by atoms with Gasteiger partial charge in [-0.3, -0.25) is 19.5 Å². The van der Waals surface area contributed by atoms with Gasteiger partial charge in [-0.1, -0.05) is 12.1 Å². The predicted octanol–water partition coefficient (Wildman–Crippen LogP) is 3.82. The number of carbonyl (C=O) groups is 1. The van der Waals surface area contributed by atoms with Crippen LogP contribution in [0, 0.1) is 0 Å². The molecule has 1 atom stereocenters. The number of sulfonamides is 1. The zero-order chi connectivity index (χ0) is 24.4. The van der Waals surface area contributed by atoms with Crippen LogP contribution in [0.2, 0.25) is 0 Å². The molecule has 0 radical (unpaired) electrons. The standard InChI is InChI=1S/C25H27N5O4S/c1-2-34-24-16-26-15-22(28-24)17-5-7-18(8-6-17)25(31)30-13-3-4-23(30)21-14-19(11-12-27-21)29-35(32,33)20-9-10-20/h5-8,11-12,14-16,20,23H,2-4,9-10,13H2,1H3,(H,27,29). The van der Waals surface area contributed by atoms with Crippen molar-refractivity contribution < 1.29 is 17.9 Å². The first-order valence-corrected chi connectivity index (χ1v) is 13.3. The molecule has 0 bridgehead atoms. The molecule has 0 spiro atoms. The Bertz CT molecular complexity index is 1330. The van der Waals surface area contributed by atoms with Gasteiger partial charge in [-0.2, -0.15) is 0 Å². The predicted molar refractivity (Wildman–Crippen MR) is 131 cm³/mol. The number of benzene rings is 1. The molecule has 35 heavy (non-hydrogen) atoms. The molecular formula is C25H27N5O4S. The van der Waals surface area contributed by atoms with Crippen LogP contribution in [-0.2, 0) is 10.0 Å². The number of aromatic nitrogens is 3. The average molecular weight is 494 g/mol. The Hall–Kier alpha value is -3.53. The summed E-state index contributed by atoms with van der Waals surface area (Å²) in [7, 11) is -3.36. The van der Waals surface area contributed by atoms with Crippen LogP contribution < -0.4 is 9.46 Å². The van der Waals surface area contributed by atoms with E-state index in [1.165, 1.54) is 0 Å². The van der Waals surface area contributed by atoms with Crippen molar-refractivity contribution in [3.8, 4) is 17.1 Å². The number of pyridine rings is 1. The second-order valence-electron chi connectivity index (χ2n) is 8.73. The molecule has 1 N–H and O–H groups in total. The van der Waals surface area contributed by atoms with E-state index < -0.39 is 10.0 Å². The second-order valence-corrected chi connectivity index (χ2v) is 10.7. The molecule has 1 aliphatic carbocycles. The van der Waals surface area contributed by atoms with Crippen LogP contribution in [0.4, 0.5) is 5.69 Å². The van der Waals surface area contributed by atoms with E-state index in [1.54, 1.807) is 42.9 Å². The summed E-state index contributed by atoms with van der Waals surface area (Å²) in [6.45, 7) is 3.01. The van der Waals surface area contributed by atoms with Gasteiger partial charge in [0, 0.05) is 23.9 Å². The van der Waals surface area contributed by atoms with Crippen molar-refractivity contribution in [2.24, 2.45) is 0 Å². The lowest BCUT2D eigenvalue weighted by molar-refractivity contribution is 0.0733. The van der Waals surface area contributed by atoms with Gasteiger partial charge < -0.3 is 9.64 Å². The molecule has 9 nitrogen and oxygen atoms in total. The van der Waals surface area contributed by atoms with Crippen molar-refractivity contribution in [1.82, 2.24) is 19.9 Å². The molecule has 2 fully saturated rings. The molecule has 1 saturated carbocycles. The normalized spacial score (nSPS) is 17.9. The summed E-state index contributed by atoms with van der Waals surface area (Å²) in [5, 5.41) is -0.306. The highest BCUT2D eigenvalue weighted by Crippen LogP contribution is 2.34. The largest absolute Gasteiger partial charge is 0.477 e. The van der Waals surface area contributed by atoms with Crippen molar-refractivity contribution in [2.45, 2.75) is 43.9 Å². The summed E-state index contributed by atoms with van der Waals surface area (Å²) in [5.74, 6) is 0.373. The molecule has 2 aliphatic rings. The molecule has 2 aromatic heterocycles. The Morgan fingerprint density at radius 1 is 1.14 bits per heavy atom. The van der Waals surface area contributed by atoms with Gasteiger partial charge in [0.15, 0.2) is 0 Å². The van der Waals surface area contributed by atoms with Crippen LogP contribution in [0.15, 0.2) is 55.0 Å². The molecule has 1 aromatic carbocycles. The Kier molecular flexibility index (Phi) is 6.38. The van der Waals surface area contributed by atoms with Crippen molar-refractivity contribution in [1.29, 1.82) is 0 Å². The second kappa shape index (κ2) is 9.61. The summed E-state index contributed by atoms with van der Waals surface area (Å²) in [5.41, 5.74) is 3.25. The maximum absolute atomic E-state index is 13.4. The molecule has 1 saturated heterocycles. The Morgan fingerprint density at radius 3 is 2.69 bits per heavy atom. The fourth-order valence-corrected chi connectivity index (χ4v) is 5.67. The van der Waals surface area contributed by atoms with Gasteiger partial charge in [0.05, 0.1) is 47.4 Å². The lowest BCUT2D eigenvalue weighted by Crippen LogP contribution is -2.31. The van der Waals surface area contributed by atoms with Crippen LogP contribution in [0.3, 0.4) is 0 Å². The molecule has 5 rings (SSSR count). The fourth-order valence-electron chi connectivity index (χ4n) is 4.29. The van der Waals surface area contributed by atoms with Gasteiger partial charge in [0.1, 0.15) is 0 Å². The lowest BCUT2D eigenvalue weighted by atomic mass is 10.1. The van der Waals surface area contributed by atoms with Crippen molar-refractivity contribution in [2.75, 3.05) is 17.9 Å². The van der Waals surface area contributed by atoms with E-state index in [-0.39, 0.29) is 17.2 Å². The minimum atomic E-state index is -3.36. The van der Waals surface area contributed by atoms with E-state index in [0.29, 0.717) is 54.5 Å². The van der Waals surface area contributed by atoms with Gasteiger partial charge in [-0.05, 0) is 56.9 Å².